The van der Waals surface area contributed by atoms with Crippen molar-refractivity contribution in [1.82, 2.24) is 4.90 Å². The van der Waals surface area contributed by atoms with Gasteiger partial charge >= 0.3 is 0 Å². The molecule has 1 amide bonds. The lowest BCUT2D eigenvalue weighted by Crippen LogP contribution is -2.40. The molecule has 0 atom stereocenters. The van der Waals surface area contributed by atoms with Crippen molar-refractivity contribution in [2.45, 2.75) is 19.8 Å². The van der Waals surface area contributed by atoms with Gasteiger partial charge in [0.05, 0.1) is 12.2 Å². The highest BCUT2D eigenvalue weighted by molar-refractivity contribution is 5.81. The third kappa shape index (κ3) is 4.28. The minimum atomic E-state index is 0.149. The molecule has 0 bridgehead atoms. The average molecular weight is 324 g/mol. The summed E-state index contributed by atoms with van der Waals surface area (Å²) in [6.45, 7) is 4.27. The van der Waals surface area contributed by atoms with Crippen LogP contribution in [0.4, 0.5) is 5.69 Å². The molecule has 24 heavy (non-hydrogen) atoms. The Morgan fingerprint density at radius 3 is 2.50 bits per heavy atom. The molecule has 1 saturated heterocycles. The fourth-order valence-electron chi connectivity index (χ4n) is 2.86. The zero-order valence-corrected chi connectivity index (χ0v) is 14.1. The molecule has 0 spiro atoms. The molecule has 4 heteroatoms. The highest BCUT2D eigenvalue weighted by Crippen LogP contribution is 2.29. The zero-order valence-electron chi connectivity index (χ0n) is 14.1. The quantitative estimate of drug-likeness (QED) is 0.898. The summed E-state index contributed by atoms with van der Waals surface area (Å²) in [4.78, 5) is 14.3. The fraction of sp³-hybridized carbons (Fsp3) is 0.350. The van der Waals surface area contributed by atoms with E-state index in [1.54, 1.807) is 0 Å². The number of hydrogen-bond donors (Lipinski definition) is 1. The van der Waals surface area contributed by atoms with Crippen LogP contribution in [0.15, 0.2) is 54.6 Å². The summed E-state index contributed by atoms with van der Waals surface area (Å²) in [5, 5.41) is 3.23. The lowest BCUT2D eigenvalue weighted by atomic mass is 9.99. The number of hydrogen-bond acceptors (Lipinski definition) is 3. The van der Waals surface area contributed by atoms with Gasteiger partial charge in [0.15, 0.2) is 5.75 Å². The van der Waals surface area contributed by atoms with Gasteiger partial charge in [-0.15, -0.1) is 0 Å². The second-order valence-electron chi connectivity index (χ2n) is 6.33. The first-order chi connectivity index (χ1) is 11.7. The second-order valence-corrected chi connectivity index (χ2v) is 6.33. The van der Waals surface area contributed by atoms with E-state index in [0.29, 0.717) is 6.54 Å². The number of likely N-dealkylation sites (tertiary alicyclic amines) is 1. The monoisotopic (exact) mass is 324 g/mol. The first-order valence-corrected chi connectivity index (χ1v) is 8.56. The second kappa shape index (κ2) is 7.86. The number of ether oxygens (including phenoxy) is 1. The summed E-state index contributed by atoms with van der Waals surface area (Å²) in [5.74, 6) is 2.38. The minimum Gasteiger partial charge on any atom is -0.455 e. The number of nitrogens with zero attached hydrogens (tertiary/aromatic N) is 1. The van der Waals surface area contributed by atoms with Crippen LogP contribution in [0.2, 0.25) is 0 Å². The van der Waals surface area contributed by atoms with Crippen LogP contribution in [0.1, 0.15) is 19.8 Å². The predicted octanol–water partition coefficient (Wildman–Crippen LogP) is 4.15. The fourth-order valence-corrected chi connectivity index (χ4v) is 2.86. The Labute approximate surface area is 143 Å². The van der Waals surface area contributed by atoms with Crippen LogP contribution >= 0.6 is 0 Å². The van der Waals surface area contributed by atoms with Crippen LogP contribution in [-0.2, 0) is 4.79 Å². The van der Waals surface area contributed by atoms with E-state index in [-0.39, 0.29) is 5.91 Å². The summed E-state index contributed by atoms with van der Waals surface area (Å²) in [7, 11) is 0. The van der Waals surface area contributed by atoms with Crippen LogP contribution in [0.25, 0.3) is 0 Å². The number of benzene rings is 2. The number of nitrogens with one attached hydrogen (secondary N) is 1. The summed E-state index contributed by atoms with van der Waals surface area (Å²) >= 11 is 0. The highest BCUT2D eigenvalue weighted by Gasteiger charge is 2.20. The van der Waals surface area contributed by atoms with Gasteiger partial charge in [-0.05, 0) is 43.0 Å². The first-order valence-electron chi connectivity index (χ1n) is 8.56. The summed E-state index contributed by atoms with van der Waals surface area (Å²) in [5.41, 5.74) is 0.833. The topological polar surface area (TPSA) is 41.6 Å². The molecule has 1 fully saturated rings. The molecule has 126 valence electrons. The Morgan fingerprint density at radius 2 is 1.75 bits per heavy atom. The number of piperidine rings is 1. The summed E-state index contributed by atoms with van der Waals surface area (Å²) < 4.78 is 5.91. The van der Waals surface area contributed by atoms with E-state index in [9.17, 15) is 4.79 Å². The van der Waals surface area contributed by atoms with Crippen LogP contribution < -0.4 is 10.1 Å². The van der Waals surface area contributed by atoms with Gasteiger partial charge in [0.25, 0.3) is 0 Å². The molecular formula is C20H24N2O2. The van der Waals surface area contributed by atoms with Gasteiger partial charge < -0.3 is 15.0 Å². The Balaban J connectivity index is 1.60. The molecule has 1 heterocycles. The molecule has 3 rings (SSSR count). The van der Waals surface area contributed by atoms with E-state index in [0.717, 1.165) is 49.0 Å². The Bertz CT molecular complexity index is 664. The van der Waals surface area contributed by atoms with Crippen molar-refractivity contribution in [3.05, 3.63) is 54.6 Å². The van der Waals surface area contributed by atoms with Gasteiger partial charge in [0.1, 0.15) is 5.75 Å². The number of carbonyl (C=O) groups is 1. The smallest absolute Gasteiger partial charge is 0.241 e. The summed E-state index contributed by atoms with van der Waals surface area (Å²) in [6.07, 6.45) is 2.19. The van der Waals surface area contributed by atoms with Gasteiger partial charge in [0.2, 0.25) is 5.91 Å². The third-order valence-corrected chi connectivity index (χ3v) is 4.42. The number of rotatable bonds is 5. The van der Waals surface area contributed by atoms with E-state index in [1.165, 1.54) is 0 Å². The van der Waals surface area contributed by atoms with Crippen molar-refractivity contribution >= 4 is 11.6 Å². The molecule has 1 aliphatic heterocycles. The molecule has 0 aliphatic carbocycles. The van der Waals surface area contributed by atoms with E-state index < -0.39 is 0 Å². The van der Waals surface area contributed by atoms with Gasteiger partial charge in [-0.1, -0.05) is 37.3 Å². The lowest BCUT2D eigenvalue weighted by molar-refractivity contribution is -0.130. The molecule has 2 aromatic rings. The maximum atomic E-state index is 12.4. The standard InChI is InChI=1S/C20H24N2O2/c1-16-11-13-22(14-12-16)20(23)15-21-18-9-5-6-10-19(18)24-17-7-3-2-4-8-17/h2-10,16,21H,11-15H2,1H3. The molecule has 0 unspecified atom stereocenters. The molecular weight excluding hydrogens is 300 g/mol. The van der Waals surface area contributed by atoms with E-state index in [1.807, 2.05) is 59.5 Å². The summed E-state index contributed by atoms with van der Waals surface area (Å²) in [6, 6.07) is 17.4. The number of para-hydroxylation sites is 3. The van der Waals surface area contributed by atoms with Crippen LogP contribution in [0.3, 0.4) is 0 Å². The Hall–Kier alpha value is -2.49. The normalized spacial score (nSPS) is 15.1. The van der Waals surface area contributed by atoms with Crippen molar-refractivity contribution in [1.29, 1.82) is 0 Å². The van der Waals surface area contributed by atoms with E-state index in [4.69, 9.17) is 4.74 Å². The molecule has 2 aromatic carbocycles. The van der Waals surface area contributed by atoms with Gasteiger partial charge in [-0.3, -0.25) is 4.79 Å². The maximum absolute atomic E-state index is 12.4. The predicted molar refractivity (Wildman–Crippen MR) is 96.4 cm³/mol. The van der Waals surface area contributed by atoms with Crippen molar-refractivity contribution in [3.63, 3.8) is 0 Å². The van der Waals surface area contributed by atoms with Crippen molar-refractivity contribution in [2.75, 3.05) is 25.0 Å². The zero-order chi connectivity index (χ0) is 16.8. The molecule has 1 aliphatic rings. The first kappa shape index (κ1) is 16.4. The third-order valence-electron chi connectivity index (χ3n) is 4.42. The van der Waals surface area contributed by atoms with Crippen LogP contribution in [0, 0.1) is 5.92 Å². The van der Waals surface area contributed by atoms with E-state index in [2.05, 4.69) is 12.2 Å². The molecule has 0 radical (unpaired) electrons. The molecule has 0 saturated carbocycles. The van der Waals surface area contributed by atoms with Crippen molar-refractivity contribution in [3.8, 4) is 11.5 Å². The minimum absolute atomic E-state index is 0.149. The van der Waals surface area contributed by atoms with Crippen LogP contribution in [0.5, 0.6) is 11.5 Å². The largest absolute Gasteiger partial charge is 0.455 e. The molecule has 1 N–H and O–H groups in total. The average Bonchev–Trinajstić information content (AvgIpc) is 2.62. The SMILES string of the molecule is CC1CCN(C(=O)CNc2ccccc2Oc2ccccc2)CC1. The Kier molecular flexibility index (Phi) is 5.36. The number of anilines is 1. The molecule has 4 nitrogen and oxygen atoms in total. The van der Waals surface area contributed by atoms with Crippen molar-refractivity contribution in [2.24, 2.45) is 5.92 Å². The lowest BCUT2D eigenvalue weighted by Gasteiger charge is -2.30. The van der Waals surface area contributed by atoms with Gasteiger partial charge in [-0.25, -0.2) is 0 Å². The Morgan fingerprint density at radius 1 is 1.08 bits per heavy atom. The van der Waals surface area contributed by atoms with Crippen LogP contribution in [-0.4, -0.2) is 30.4 Å². The highest BCUT2D eigenvalue weighted by atomic mass is 16.5. The number of carbonyl (C=O) groups excluding carboxylic acids is 1. The van der Waals surface area contributed by atoms with Gasteiger partial charge in [0, 0.05) is 13.1 Å². The molecule has 0 aromatic heterocycles. The van der Waals surface area contributed by atoms with E-state index >= 15 is 0 Å². The van der Waals surface area contributed by atoms with Crippen molar-refractivity contribution < 1.29 is 9.53 Å². The number of amides is 1. The maximum Gasteiger partial charge on any atom is 0.241 e. The van der Waals surface area contributed by atoms with Gasteiger partial charge in [-0.2, -0.15) is 0 Å².